The molecule has 1 amide bonds. The minimum absolute atomic E-state index is 0.0488. The number of carbonyl (C=O) groups excluding carboxylic acids is 2. The molecule has 2 heterocycles. The lowest BCUT2D eigenvalue weighted by Crippen LogP contribution is -2.40. The minimum Gasteiger partial charge on any atom is -0.507 e. The number of hydrogen-bond donors (Lipinski definition) is 1. The number of Topliss-reactive ketones (excluding diaryl/α,β-unsaturated/α-hetero) is 1. The quantitative estimate of drug-likeness (QED) is 0.442. The summed E-state index contributed by atoms with van der Waals surface area (Å²) in [5.74, 6) is -1.16. The van der Waals surface area contributed by atoms with E-state index in [2.05, 4.69) is 4.98 Å². The van der Waals surface area contributed by atoms with Crippen molar-refractivity contribution in [3.05, 3.63) is 64.4 Å². The Kier molecular flexibility index (Phi) is 5.77. The van der Waals surface area contributed by atoms with Crippen molar-refractivity contribution in [2.45, 2.75) is 44.2 Å². The number of rotatable bonds is 4. The van der Waals surface area contributed by atoms with Crippen LogP contribution in [-0.4, -0.2) is 39.8 Å². The zero-order valence-corrected chi connectivity index (χ0v) is 17.4. The van der Waals surface area contributed by atoms with E-state index in [4.69, 9.17) is 16.3 Å². The van der Waals surface area contributed by atoms with Crippen LogP contribution < -0.4 is 4.74 Å². The van der Waals surface area contributed by atoms with Gasteiger partial charge in [-0.25, -0.2) is 0 Å². The first kappa shape index (κ1) is 20.4. The van der Waals surface area contributed by atoms with Crippen molar-refractivity contribution >= 4 is 29.1 Å². The molecule has 4 rings (SSSR count). The summed E-state index contributed by atoms with van der Waals surface area (Å²) in [6.07, 6.45) is 6.45. The Balaban J connectivity index is 1.87. The van der Waals surface area contributed by atoms with Gasteiger partial charge in [0.1, 0.15) is 17.6 Å². The largest absolute Gasteiger partial charge is 0.507 e. The van der Waals surface area contributed by atoms with E-state index in [1.54, 1.807) is 41.4 Å². The number of methoxy groups -OCH3 is 1. The van der Waals surface area contributed by atoms with Crippen molar-refractivity contribution in [1.82, 2.24) is 9.88 Å². The lowest BCUT2D eigenvalue weighted by atomic mass is 9.92. The highest BCUT2D eigenvalue weighted by molar-refractivity contribution is 6.46. The molecule has 1 aliphatic carbocycles. The number of aliphatic hydroxyl groups is 1. The number of amides is 1. The highest BCUT2D eigenvalue weighted by atomic mass is 35.5. The summed E-state index contributed by atoms with van der Waals surface area (Å²) >= 11 is 6.10. The van der Waals surface area contributed by atoms with Gasteiger partial charge in [-0.1, -0.05) is 36.9 Å². The van der Waals surface area contributed by atoms with Gasteiger partial charge >= 0.3 is 0 Å². The maximum atomic E-state index is 13.1. The fourth-order valence-corrected chi connectivity index (χ4v) is 4.57. The summed E-state index contributed by atoms with van der Waals surface area (Å²) in [5.41, 5.74) is 0.970. The third kappa shape index (κ3) is 3.56. The van der Waals surface area contributed by atoms with Crippen molar-refractivity contribution in [1.29, 1.82) is 0 Å². The average molecular weight is 427 g/mol. The molecule has 1 saturated carbocycles. The van der Waals surface area contributed by atoms with Crippen LogP contribution in [0.4, 0.5) is 0 Å². The van der Waals surface area contributed by atoms with Crippen molar-refractivity contribution in [2.75, 3.05) is 7.11 Å². The summed E-state index contributed by atoms with van der Waals surface area (Å²) in [6, 6.07) is 9.34. The Morgan fingerprint density at radius 1 is 1.17 bits per heavy atom. The van der Waals surface area contributed by atoms with Gasteiger partial charge in [-0.3, -0.25) is 14.6 Å². The number of benzene rings is 1. The number of halogens is 1. The van der Waals surface area contributed by atoms with E-state index in [1.165, 1.54) is 7.11 Å². The Labute approximate surface area is 180 Å². The van der Waals surface area contributed by atoms with Gasteiger partial charge in [0.15, 0.2) is 0 Å². The summed E-state index contributed by atoms with van der Waals surface area (Å²) in [7, 11) is 1.47. The van der Waals surface area contributed by atoms with E-state index >= 15 is 0 Å². The van der Waals surface area contributed by atoms with Gasteiger partial charge in [-0.15, -0.1) is 0 Å². The van der Waals surface area contributed by atoms with E-state index in [1.807, 2.05) is 6.07 Å². The molecule has 2 fully saturated rings. The molecule has 1 aliphatic heterocycles. The van der Waals surface area contributed by atoms with E-state index < -0.39 is 17.7 Å². The molecule has 1 unspecified atom stereocenters. The first-order valence-electron chi connectivity index (χ1n) is 10.1. The third-order valence-electron chi connectivity index (χ3n) is 5.84. The molecule has 30 heavy (non-hydrogen) atoms. The van der Waals surface area contributed by atoms with Crippen molar-refractivity contribution in [3.8, 4) is 5.75 Å². The topological polar surface area (TPSA) is 79.7 Å². The van der Waals surface area contributed by atoms with Crippen LogP contribution in [0.3, 0.4) is 0 Å². The molecule has 1 N–H and O–H groups in total. The normalized spacial score (nSPS) is 21.8. The van der Waals surface area contributed by atoms with Gasteiger partial charge in [-0.05, 0) is 43.2 Å². The number of likely N-dealkylation sites (tertiary alicyclic amines) is 1. The number of pyridine rings is 1. The van der Waals surface area contributed by atoms with Crippen LogP contribution in [-0.2, 0) is 9.59 Å². The predicted molar refractivity (Wildman–Crippen MR) is 113 cm³/mol. The first-order chi connectivity index (χ1) is 14.5. The first-order valence-corrected chi connectivity index (χ1v) is 10.5. The summed E-state index contributed by atoms with van der Waals surface area (Å²) in [6.45, 7) is 0. The van der Waals surface area contributed by atoms with Crippen molar-refractivity contribution in [3.63, 3.8) is 0 Å². The number of ketones is 1. The van der Waals surface area contributed by atoms with Crippen LogP contribution in [0, 0.1) is 0 Å². The summed E-state index contributed by atoms with van der Waals surface area (Å²) in [4.78, 5) is 32.2. The SMILES string of the molecule is COc1cc(/C(O)=C2/C(=O)C(=O)N(C3CCCCC3)C2c2ccccn2)ccc1Cl. The van der Waals surface area contributed by atoms with Gasteiger partial charge in [0.25, 0.3) is 11.7 Å². The van der Waals surface area contributed by atoms with Gasteiger partial charge in [-0.2, -0.15) is 0 Å². The second-order valence-corrected chi connectivity index (χ2v) is 8.01. The Morgan fingerprint density at radius 3 is 2.60 bits per heavy atom. The Bertz CT molecular complexity index is 1000. The zero-order valence-electron chi connectivity index (χ0n) is 16.7. The van der Waals surface area contributed by atoms with Crippen molar-refractivity contribution in [2.24, 2.45) is 0 Å². The molecule has 156 valence electrons. The Hall–Kier alpha value is -2.86. The summed E-state index contributed by atoms with van der Waals surface area (Å²) < 4.78 is 5.23. The number of ether oxygens (including phenoxy) is 1. The predicted octanol–water partition coefficient (Wildman–Crippen LogP) is 4.50. The zero-order chi connectivity index (χ0) is 21.3. The lowest BCUT2D eigenvalue weighted by Gasteiger charge is -2.35. The van der Waals surface area contributed by atoms with E-state index in [-0.39, 0.29) is 17.4 Å². The number of hydrogen-bond acceptors (Lipinski definition) is 5. The van der Waals surface area contributed by atoms with Crippen LogP contribution >= 0.6 is 11.6 Å². The second kappa shape index (κ2) is 8.48. The van der Waals surface area contributed by atoms with Crippen molar-refractivity contribution < 1.29 is 19.4 Å². The Morgan fingerprint density at radius 2 is 1.93 bits per heavy atom. The number of aromatic nitrogens is 1. The molecule has 0 bridgehead atoms. The van der Waals surface area contributed by atoms with E-state index in [0.29, 0.717) is 22.0 Å². The highest BCUT2D eigenvalue weighted by Crippen LogP contribution is 2.42. The fourth-order valence-electron chi connectivity index (χ4n) is 4.38. The molecule has 2 aromatic rings. The van der Waals surface area contributed by atoms with Crippen LogP contribution in [0.1, 0.15) is 49.4 Å². The van der Waals surface area contributed by atoms with Crippen LogP contribution in [0.25, 0.3) is 5.76 Å². The smallest absolute Gasteiger partial charge is 0.295 e. The second-order valence-electron chi connectivity index (χ2n) is 7.60. The lowest BCUT2D eigenvalue weighted by molar-refractivity contribution is -0.141. The maximum absolute atomic E-state index is 13.1. The fraction of sp³-hybridized carbons (Fsp3) is 0.348. The average Bonchev–Trinajstić information content (AvgIpc) is 3.05. The molecule has 1 aromatic heterocycles. The molecule has 1 atom stereocenters. The number of nitrogens with zero attached hydrogens (tertiary/aromatic N) is 2. The minimum atomic E-state index is -0.726. The van der Waals surface area contributed by atoms with E-state index in [9.17, 15) is 14.7 Å². The third-order valence-corrected chi connectivity index (χ3v) is 6.15. The maximum Gasteiger partial charge on any atom is 0.295 e. The van der Waals surface area contributed by atoms with Gasteiger partial charge in [0.2, 0.25) is 0 Å². The van der Waals surface area contributed by atoms with Crippen LogP contribution in [0.15, 0.2) is 48.2 Å². The number of aliphatic hydroxyl groups excluding tert-OH is 1. The molecule has 1 aromatic carbocycles. The van der Waals surface area contributed by atoms with Gasteiger partial charge in [0.05, 0.1) is 23.4 Å². The highest BCUT2D eigenvalue weighted by Gasteiger charge is 2.49. The molecular formula is C23H23ClN2O4. The monoisotopic (exact) mass is 426 g/mol. The van der Waals surface area contributed by atoms with Gasteiger partial charge in [0, 0.05) is 17.8 Å². The van der Waals surface area contributed by atoms with Crippen LogP contribution in [0.2, 0.25) is 5.02 Å². The van der Waals surface area contributed by atoms with Crippen LogP contribution in [0.5, 0.6) is 5.75 Å². The molecule has 0 spiro atoms. The summed E-state index contributed by atoms with van der Waals surface area (Å²) in [5, 5.41) is 11.5. The van der Waals surface area contributed by atoms with E-state index in [0.717, 1.165) is 32.1 Å². The molecular weight excluding hydrogens is 404 g/mol. The molecule has 2 aliphatic rings. The molecule has 7 heteroatoms. The molecule has 1 saturated heterocycles. The van der Waals surface area contributed by atoms with Gasteiger partial charge < -0.3 is 14.7 Å². The molecule has 6 nitrogen and oxygen atoms in total. The standard InChI is InChI=1S/C23H23ClN2O4/c1-30-18-13-14(10-11-16(18)24)21(27)19-20(17-9-5-6-12-25-17)26(23(29)22(19)28)15-7-3-2-4-8-15/h5-6,9-13,15,20,27H,2-4,7-8H2,1H3/b21-19-. The number of carbonyl (C=O) groups is 2. The molecule has 0 radical (unpaired) electrons.